The molecule has 0 atom stereocenters. The van der Waals surface area contributed by atoms with E-state index in [1.54, 1.807) is 0 Å². The third kappa shape index (κ3) is 14.7. The molecule has 5 heteroatoms. The van der Waals surface area contributed by atoms with E-state index in [4.69, 9.17) is 10.2 Å². The van der Waals surface area contributed by atoms with E-state index in [0.29, 0.717) is 5.57 Å². The summed E-state index contributed by atoms with van der Waals surface area (Å²) in [5.41, 5.74) is 0.331. The molecule has 0 aliphatic rings. The van der Waals surface area contributed by atoms with E-state index in [9.17, 15) is 14.4 Å². The molecule has 5 nitrogen and oxygen atoms in total. The lowest BCUT2D eigenvalue weighted by Gasteiger charge is -1.86. The summed E-state index contributed by atoms with van der Waals surface area (Å²) in [5.74, 6) is -2.47. The number of ketones is 1. The first-order valence-electron chi connectivity index (χ1n) is 3.77. The Bertz CT molecular complexity index is 312. The van der Waals surface area contributed by atoms with E-state index < -0.39 is 11.9 Å². The van der Waals surface area contributed by atoms with Crippen LogP contribution in [0.2, 0.25) is 0 Å². The van der Waals surface area contributed by atoms with E-state index in [2.05, 4.69) is 13.2 Å². The molecule has 0 aromatic heterocycles. The molecule has 0 amide bonds. The third-order valence-corrected chi connectivity index (χ3v) is 0.973. The molecule has 0 fully saturated rings. The predicted octanol–water partition coefficient (Wildman–Crippen LogP) is 1.03. The van der Waals surface area contributed by atoms with Crippen molar-refractivity contribution >= 4 is 17.7 Å². The van der Waals surface area contributed by atoms with Crippen molar-refractivity contribution in [2.24, 2.45) is 0 Å². The topological polar surface area (TPSA) is 91.7 Å². The molecular weight excluding hydrogens is 200 g/mol. The van der Waals surface area contributed by atoms with Crippen LogP contribution in [0.25, 0.3) is 0 Å². The lowest BCUT2D eigenvalue weighted by molar-refractivity contribution is -0.132. The highest BCUT2D eigenvalue weighted by molar-refractivity contribution is 6.05. The number of hydrogen-bond acceptors (Lipinski definition) is 3. The van der Waals surface area contributed by atoms with E-state index in [1.807, 2.05) is 0 Å². The minimum absolute atomic E-state index is 0.331. The molecule has 0 spiro atoms. The molecule has 0 aliphatic heterocycles. The molecule has 0 rings (SSSR count). The standard InChI is InChI=1S/C7H8O3.C3H4O2/c1-5(2)6(8)3-4-7(9)10;1-2-3(4)5/h3-4H,1H2,2H3,(H,9,10);2H,1H2,(H,4,5). The number of carboxylic acid groups (broad SMARTS) is 2. The highest BCUT2D eigenvalue weighted by atomic mass is 16.4. The second kappa shape index (κ2) is 8.43. The lowest BCUT2D eigenvalue weighted by Crippen LogP contribution is -1.95. The summed E-state index contributed by atoms with van der Waals surface area (Å²) in [6.45, 7) is 7.82. The number of aliphatic carboxylic acids is 2. The SMILES string of the molecule is C=C(C)C(=O)C=CC(=O)O.C=CC(=O)O. The zero-order valence-corrected chi connectivity index (χ0v) is 8.27. The summed E-state index contributed by atoms with van der Waals surface area (Å²) < 4.78 is 0. The van der Waals surface area contributed by atoms with Crippen molar-refractivity contribution in [3.05, 3.63) is 37.0 Å². The number of rotatable bonds is 4. The van der Waals surface area contributed by atoms with Crippen molar-refractivity contribution in [2.75, 3.05) is 0 Å². The van der Waals surface area contributed by atoms with Gasteiger partial charge in [0.05, 0.1) is 0 Å². The van der Waals surface area contributed by atoms with Gasteiger partial charge in [-0.15, -0.1) is 0 Å². The first-order valence-corrected chi connectivity index (χ1v) is 3.77. The van der Waals surface area contributed by atoms with Crippen molar-refractivity contribution in [2.45, 2.75) is 6.92 Å². The molecule has 2 N–H and O–H groups in total. The maximum Gasteiger partial charge on any atom is 0.328 e. The van der Waals surface area contributed by atoms with Crippen LogP contribution in [-0.2, 0) is 14.4 Å². The Morgan fingerprint density at radius 1 is 1.07 bits per heavy atom. The van der Waals surface area contributed by atoms with Gasteiger partial charge < -0.3 is 10.2 Å². The Hall–Kier alpha value is -2.17. The second-order valence-electron chi connectivity index (χ2n) is 2.36. The summed E-state index contributed by atoms with van der Waals surface area (Å²) in [4.78, 5) is 29.7. The van der Waals surface area contributed by atoms with Crippen LogP contribution in [-0.4, -0.2) is 27.9 Å². The number of carbonyl (C=O) groups is 3. The largest absolute Gasteiger partial charge is 0.478 e. The fourth-order valence-corrected chi connectivity index (χ4v) is 0.289. The zero-order chi connectivity index (χ0) is 12.4. The van der Waals surface area contributed by atoms with E-state index >= 15 is 0 Å². The van der Waals surface area contributed by atoms with Crippen LogP contribution >= 0.6 is 0 Å². The van der Waals surface area contributed by atoms with E-state index in [-0.39, 0.29) is 5.78 Å². The molecule has 15 heavy (non-hydrogen) atoms. The van der Waals surface area contributed by atoms with Crippen molar-refractivity contribution in [3.8, 4) is 0 Å². The van der Waals surface area contributed by atoms with Crippen LogP contribution in [0.15, 0.2) is 37.0 Å². The number of carboxylic acids is 2. The van der Waals surface area contributed by atoms with E-state index in [1.165, 1.54) is 6.92 Å². The Balaban J connectivity index is 0. The molecular formula is C10H12O5. The average molecular weight is 212 g/mol. The Morgan fingerprint density at radius 2 is 1.47 bits per heavy atom. The minimum Gasteiger partial charge on any atom is -0.478 e. The average Bonchev–Trinajstić information content (AvgIpc) is 2.14. The summed E-state index contributed by atoms with van der Waals surface area (Å²) >= 11 is 0. The molecule has 82 valence electrons. The van der Waals surface area contributed by atoms with Gasteiger partial charge in [-0.2, -0.15) is 0 Å². The quantitative estimate of drug-likeness (QED) is 0.679. The van der Waals surface area contributed by atoms with Crippen LogP contribution < -0.4 is 0 Å². The molecule has 0 saturated carbocycles. The molecule has 0 heterocycles. The summed E-state index contributed by atoms with van der Waals surface area (Å²) in [6.07, 6.45) is 2.60. The second-order valence-corrected chi connectivity index (χ2v) is 2.36. The number of hydrogen-bond donors (Lipinski definition) is 2. The maximum atomic E-state index is 10.6. The third-order valence-electron chi connectivity index (χ3n) is 0.973. The molecule has 0 saturated heterocycles. The van der Waals surface area contributed by atoms with Gasteiger partial charge in [0.25, 0.3) is 0 Å². The van der Waals surface area contributed by atoms with E-state index in [0.717, 1.165) is 18.2 Å². The normalized spacial score (nSPS) is 8.60. The van der Waals surface area contributed by atoms with Crippen molar-refractivity contribution < 1.29 is 24.6 Å². The van der Waals surface area contributed by atoms with Gasteiger partial charge >= 0.3 is 11.9 Å². The van der Waals surface area contributed by atoms with Crippen LogP contribution in [0.4, 0.5) is 0 Å². The van der Waals surface area contributed by atoms with Gasteiger partial charge in [0, 0.05) is 12.2 Å². The van der Waals surface area contributed by atoms with Crippen molar-refractivity contribution in [3.63, 3.8) is 0 Å². The van der Waals surface area contributed by atoms with Gasteiger partial charge in [0.1, 0.15) is 0 Å². The molecule has 0 unspecified atom stereocenters. The van der Waals surface area contributed by atoms with Gasteiger partial charge in [-0.05, 0) is 18.6 Å². The molecule has 0 bridgehead atoms. The maximum absolute atomic E-state index is 10.6. The zero-order valence-electron chi connectivity index (χ0n) is 8.27. The highest BCUT2D eigenvalue weighted by Gasteiger charge is 1.95. The predicted molar refractivity (Wildman–Crippen MR) is 54.4 cm³/mol. The van der Waals surface area contributed by atoms with Gasteiger partial charge in [-0.25, -0.2) is 9.59 Å². The molecule has 0 aromatic carbocycles. The number of carbonyl (C=O) groups excluding carboxylic acids is 1. The highest BCUT2D eigenvalue weighted by Crippen LogP contribution is 1.90. The Labute approximate surface area is 87.0 Å². The van der Waals surface area contributed by atoms with Crippen molar-refractivity contribution in [1.82, 2.24) is 0 Å². The molecule has 0 aliphatic carbocycles. The first kappa shape index (κ1) is 15.3. The van der Waals surface area contributed by atoms with Gasteiger partial charge in [-0.1, -0.05) is 13.2 Å². The van der Waals surface area contributed by atoms with Gasteiger partial charge in [-0.3, -0.25) is 4.79 Å². The summed E-state index contributed by atoms with van der Waals surface area (Å²) in [5, 5.41) is 15.7. The lowest BCUT2D eigenvalue weighted by atomic mass is 10.2. The molecule has 0 radical (unpaired) electrons. The summed E-state index contributed by atoms with van der Waals surface area (Å²) in [7, 11) is 0. The minimum atomic E-state index is -1.13. The van der Waals surface area contributed by atoms with Gasteiger partial charge in [0.2, 0.25) is 0 Å². The Morgan fingerprint density at radius 3 is 1.67 bits per heavy atom. The molecule has 0 aromatic rings. The summed E-state index contributed by atoms with van der Waals surface area (Å²) in [6, 6.07) is 0. The van der Waals surface area contributed by atoms with Crippen LogP contribution in [0, 0.1) is 0 Å². The first-order chi connectivity index (χ1) is 6.81. The van der Waals surface area contributed by atoms with Crippen molar-refractivity contribution in [1.29, 1.82) is 0 Å². The van der Waals surface area contributed by atoms with Crippen LogP contribution in [0.3, 0.4) is 0 Å². The smallest absolute Gasteiger partial charge is 0.328 e. The van der Waals surface area contributed by atoms with Gasteiger partial charge in [0.15, 0.2) is 5.78 Å². The fourth-order valence-electron chi connectivity index (χ4n) is 0.289. The fraction of sp³-hybridized carbons (Fsp3) is 0.100. The van der Waals surface area contributed by atoms with Crippen LogP contribution in [0.1, 0.15) is 6.92 Å². The van der Waals surface area contributed by atoms with Crippen LogP contribution in [0.5, 0.6) is 0 Å². The number of allylic oxidation sites excluding steroid dienone is 2. The monoisotopic (exact) mass is 212 g/mol. The Kier molecular flexibility index (Phi) is 8.60.